The van der Waals surface area contributed by atoms with Crippen LogP contribution in [0.15, 0.2) is 0 Å². The van der Waals surface area contributed by atoms with E-state index in [0.29, 0.717) is 25.4 Å². The number of hydrogen-bond donors (Lipinski definition) is 2. The van der Waals surface area contributed by atoms with Gasteiger partial charge in [-0.1, -0.05) is 0 Å². The number of carbonyl (C=O) groups is 2. The summed E-state index contributed by atoms with van der Waals surface area (Å²) in [5.74, 6) is -0.641. The fourth-order valence-electron chi connectivity index (χ4n) is 3.22. The van der Waals surface area contributed by atoms with Crippen LogP contribution in [0.4, 0.5) is 4.79 Å². The van der Waals surface area contributed by atoms with E-state index in [9.17, 15) is 9.59 Å². The summed E-state index contributed by atoms with van der Waals surface area (Å²) in [6.07, 6.45) is 4.08. The van der Waals surface area contributed by atoms with Crippen LogP contribution in [0, 0.1) is 11.8 Å². The molecule has 2 fully saturated rings. The van der Waals surface area contributed by atoms with Crippen molar-refractivity contribution in [1.82, 2.24) is 10.2 Å². The summed E-state index contributed by atoms with van der Waals surface area (Å²) in [6.45, 7) is 2.20. The largest absolute Gasteiger partial charge is 0.481 e. The van der Waals surface area contributed by atoms with Crippen LogP contribution in [-0.2, 0) is 9.53 Å². The van der Waals surface area contributed by atoms with Gasteiger partial charge in [0.2, 0.25) is 0 Å². The van der Waals surface area contributed by atoms with Gasteiger partial charge in [0.05, 0.1) is 12.5 Å². The van der Waals surface area contributed by atoms with Gasteiger partial charge in [-0.2, -0.15) is 0 Å². The molecule has 6 nitrogen and oxygen atoms in total. The highest BCUT2D eigenvalue weighted by molar-refractivity contribution is 5.75. The Morgan fingerprint density at radius 3 is 2.80 bits per heavy atom. The lowest BCUT2D eigenvalue weighted by Gasteiger charge is -2.33. The quantitative estimate of drug-likeness (QED) is 0.816. The van der Waals surface area contributed by atoms with E-state index in [1.54, 1.807) is 7.11 Å². The van der Waals surface area contributed by atoms with Crippen LogP contribution in [0.2, 0.25) is 0 Å². The minimum absolute atomic E-state index is 0.00593. The van der Waals surface area contributed by atoms with Crippen molar-refractivity contribution < 1.29 is 19.4 Å². The number of carboxylic acids is 1. The first kappa shape index (κ1) is 15.1. The summed E-state index contributed by atoms with van der Waals surface area (Å²) in [5, 5.41) is 11.9. The fraction of sp³-hybridized carbons (Fsp3) is 0.857. The first-order valence-corrected chi connectivity index (χ1v) is 7.37. The van der Waals surface area contributed by atoms with Gasteiger partial charge in [-0.05, 0) is 32.1 Å². The van der Waals surface area contributed by atoms with Gasteiger partial charge in [0.1, 0.15) is 0 Å². The van der Waals surface area contributed by atoms with Crippen molar-refractivity contribution in [2.45, 2.75) is 38.1 Å². The van der Waals surface area contributed by atoms with E-state index in [1.165, 1.54) is 0 Å². The van der Waals surface area contributed by atoms with E-state index in [0.717, 1.165) is 32.4 Å². The van der Waals surface area contributed by atoms with Gasteiger partial charge in [0.25, 0.3) is 0 Å². The molecule has 114 valence electrons. The molecule has 1 heterocycles. The third kappa shape index (κ3) is 3.85. The molecule has 0 bridgehead atoms. The molecule has 2 N–H and O–H groups in total. The van der Waals surface area contributed by atoms with Gasteiger partial charge in [0.15, 0.2) is 0 Å². The van der Waals surface area contributed by atoms with E-state index < -0.39 is 5.97 Å². The molecule has 1 saturated carbocycles. The number of ether oxygens (including phenoxy) is 1. The fourth-order valence-corrected chi connectivity index (χ4v) is 3.22. The number of piperidine rings is 1. The first-order valence-electron chi connectivity index (χ1n) is 7.37. The zero-order chi connectivity index (χ0) is 14.5. The molecule has 2 rings (SSSR count). The molecule has 1 aliphatic heterocycles. The lowest BCUT2D eigenvalue weighted by molar-refractivity contribution is -0.141. The SMILES string of the molecule is COCC1CCCN(C(=O)N[C@H]2CC[C@@H](C(=O)O)C2)C1. The summed E-state index contributed by atoms with van der Waals surface area (Å²) in [7, 11) is 1.68. The Labute approximate surface area is 119 Å². The van der Waals surface area contributed by atoms with Gasteiger partial charge < -0.3 is 20.1 Å². The number of carboxylic acid groups (broad SMARTS) is 1. The molecule has 3 atom stereocenters. The lowest BCUT2D eigenvalue weighted by atomic mass is 9.99. The molecule has 0 aromatic carbocycles. The van der Waals surface area contributed by atoms with Crippen LogP contribution >= 0.6 is 0 Å². The van der Waals surface area contributed by atoms with Gasteiger partial charge in [-0.3, -0.25) is 4.79 Å². The second-order valence-electron chi connectivity index (χ2n) is 5.90. The number of methoxy groups -OCH3 is 1. The van der Waals surface area contributed by atoms with Crippen molar-refractivity contribution in [3.63, 3.8) is 0 Å². The number of urea groups is 1. The average Bonchev–Trinajstić information content (AvgIpc) is 2.88. The van der Waals surface area contributed by atoms with E-state index in [4.69, 9.17) is 9.84 Å². The normalized spacial score (nSPS) is 30.2. The number of aliphatic carboxylic acids is 1. The Morgan fingerprint density at radius 1 is 1.35 bits per heavy atom. The Morgan fingerprint density at radius 2 is 2.15 bits per heavy atom. The maximum absolute atomic E-state index is 12.2. The molecule has 0 radical (unpaired) electrons. The Hall–Kier alpha value is -1.30. The van der Waals surface area contributed by atoms with E-state index in [-0.39, 0.29) is 18.0 Å². The third-order valence-corrected chi connectivity index (χ3v) is 4.32. The number of amides is 2. The predicted molar refractivity (Wildman–Crippen MR) is 73.5 cm³/mol. The number of rotatable bonds is 4. The van der Waals surface area contributed by atoms with E-state index in [1.807, 2.05) is 4.90 Å². The Bertz CT molecular complexity index is 359. The van der Waals surface area contributed by atoms with Crippen LogP contribution in [0.5, 0.6) is 0 Å². The molecule has 0 aromatic rings. The molecular weight excluding hydrogens is 260 g/mol. The molecule has 6 heteroatoms. The monoisotopic (exact) mass is 284 g/mol. The van der Waals surface area contributed by atoms with E-state index >= 15 is 0 Å². The van der Waals surface area contributed by atoms with Crippen LogP contribution < -0.4 is 5.32 Å². The van der Waals surface area contributed by atoms with Crippen LogP contribution in [0.1, 0.15) is 32.1 Å². The van der Waals surface area contributed by atoms with Crippen molar-refractivity contribution in [3.05, 3.63) is 0 Å². The van der Waals surface area contributed by atoms with Crippen LogP contribution in [-0.4, -0.2) is 54.9 Å². The predicted octanol–water partition coefficient (Wildman–Crippen LogP) is 1.31. The van der Waals surface area contributed by atoms with Crippen molar-refractivity contribution >= 4 is 12.0 Å². The molecule has 1 aliphatic carbocycles. The van der Waals surface area contributed by atoms with E-state index in [2.05, 4.69) is 5.32 Å². The second-order valence-corrected chi connectivity index (χ2v) is 5.90. The first-order chi connectivity index (χ1) is 9.60. The standard InChI is InChI=1S/C14H24N2O4/c1-20-9-10-3-2-6-16(8-10)14(19)15-12-5-4-11(7-12)13(17)18/h10-12H,2-9H2,1H3,(H,15,19)(H,17,18)/t10?,11-,12+/m1/s1. The molecule has 20 heavy (non-hydrogen) atoms. The lowest BCUT2D eigenvalue weighted by Crippen LogP contribution is -2.48. The van der Waals surface area contributed by atoms with Crippen molar-refractivity contribution in [2.24, 2.45) is 11.8 Å². The van der Waals surface area contributed by atoms with Crippen molar-refractivity contribution in [1.29, 1.82) is 0 Å². The zero-order valence-corrected chi connectivity index (χ0v) is 12.0. The second kappa shape index (κ2) is 6.92. The number of nitrogens with zero attached hydrogens (tertiary/aromatic N) is 1. The molecule has 0 aromatic heterocycles. The summed E-state index contributed by atoms with van der Waals surface area (Å²) < 4.78 is 5.16. The summed E-state index contributed by atoms with van der Waals surface area (Å²) in [4.78, 5) is 25.0. The van der Waals surface area contributed by atoms with Crippen molar-refractivity contribution in [2.75, 3.05) is 26.8 Å². The van der Waals surface area contributed by atoms with Crippen LogP contribution in [0.3, 0.4) is 0 Å². The number of carbonyl (C=O) groups excluding carboxylic acids is 1. The maximum Gasteiger partial charge on any atom is 0.317 e. The molecule has 2 amide bonds. The molecular formula is C14H24N2O4. The van der Waals surface area contributed by atoms with Gasteiger partial charge in [0, 0.05) is 32.2 Å². The number of nitrogens with one attached hydrogen (secondary N) is 1. The van der Waals surface area contributed by atoms with Crippen molar-refractivity contribution in [3.8, 4) is 0 Å². The molecule has 1 unspecified atom stereocenters. The maximum atomic E-state index is 12.2. The average molecular weight is 284 g/mol. The summed E-state index contributed by atoms with van der Waals surface area (Å²) in [6, 6.07) is -0.0479. The zero-order valence-electron chi connectivity index (χ0n) is 12.0. The highest BCUT2D eigenvalue weighted by atomic mass is 16.5. The van der Waals surface area contributed by atoms with Gasteiger partial charge in [-0.25, -0.2) is 4.79 Å². The topological polar surface area (TPSA) is 78.9 Å². The number of hydrogen-bond acceptors (Lipinski definition) is 3. The minimum Gasteiger partial charge on any atom is -0.481 e. The third-order valence-electron chi connectivity index (χ3n) is 4.32. The molecule has 2 aliphatic rings. The summed E-state index contributed by atoms with van der Waals surface area (Å²) in [5.41, 5.74) is 0. The number of likely N-dealkylation sites (tertiary alicyclic amines) is 1. The minimum atomic E-state index is -0.750. The smallest absolute Gasteiger partial charge is 0.317 e. The highest BCUT2D eigenvalue weighted by Gasteiger charge is 2.32. The highest BCUT2D eigenvalue weighted by Crippen LogP contribution is 2.26. The Balaban J connectivity index is 1.78. The van der Waals surface area contributed by atoms with Crippen LogP contribution in [0.25, 0.3) is 0 Å². The molecule has 0 spiro atoms. The molecule has 1 saturated heterocycles. The van der Waals surface area contributed by atoms with Gasteiger partial charge >= 0.3 is 12.0 Å². The summed E-state index contributed by atoms with van der Waals surface area (Å²) >= 11 is 0. The Kier molecular flexibility index (Phi) is 5.23. The van der Waals surface area contributed by atoms with Gasteiger partial charge in [-0.15, -0.1) is 0 Å².